The van der Waals surface area contributed by atoms with E-state index < -0.39 is 23.9 Å². The minimum atomic E-state index is -1.47. The zero-order valence-corrected chi connectivity index (χ0v) is 9.45. The Morgan fingerprint density at radius 2 is 2.24 bits per heavy atom. The van der Waals surface area contributed by atoms with Crippen molar-refractivity contribution in [1.29, 1.82) is 0 Å². The molecule has 4 atom stereocenters. The highest BCUT2D eigenvalue weighted by molar-refractivity contribution is 5.31. The number of ether oxygens (including phenoxy) is 1. The highest BCUT2D eigenvalue weighted by Crippen LogP contribution is 2.41. The molecule has 1 saturated heterocycles. The average molecular weight is 240 g/mol. The van der Waals surface area contributed by atoms with Crippen LogP contribution < -0.4 is 5.73 Å². The topological polar surface area (TPSA) is 109 Å². The number of hydrogen-bond donors (Lipinski definition) is 4. The van der Waals surface area contributed by atoms with Crippen molar-refractivity contribution >= 4 is 5.82 Å². The van der Waals surface area contributed by atoms with Crippen molar-refractivity contribution in [3.63, 3.8) is 0 Å². The highest BCUT2D eigenvalue weighted by Gasteiger charge is 2.52. The summed E-state index contributed by atoms with van der Waals surface area (Å²) in [5.41, 5.74) is 4.61. The summed E-state index contributed by atoms with van der Waals surface area (Å²) < 4.78 is 5.43. The smallest absolute Gasteiger partial charge is 0.123 e. The molecule has 0 radical (unpaired) electrons. The Labute approximate surface area is 98.7 Å². The van der Waals surface area contributed by atoms with E-state index in [-0.39, 0.29) is 6.61 Å². The maximum absolute atomic E-state index is 10.2. The van der Waals surface area contributed by atoms with Gasteiger partial charge < -0.3 is 25.8 Å². The van der Waals surface area contributed by atoms with Gasteiger partial charge in [-0.25, -0.2) is 4.98 Å². The minimum Gasteiger partial charge on any atom is -0.394 e. The molecule has 94 valence electrons. The number of nitrogen functional groups attached to an aromatic ring is 1. The van der Waals surface area contributed by atoms with Crippen LogP contribution in [-0.2, 0) is 4.74 Å². The maximum Gasteiger partial charge on any atom is 0.123 e. The first-order valence-corrected chi connectivity index (χ1v) is 5.35. The lowest BCUT2D eigenvalue weighted by atomic mass is 9.89. The number of aliphatic hydroxyl groups excluding tert-OH is 2. The number of hydrogen-bond acceptors (Lipinski definition) is 6. The molecule has 1 fully saturated rings. The van der Waals surface area contributed by atoms with Crippen molar-refractivity contribution in [3.05, 3.63) is 23.9 Å². The Morgan fingerprint density at radius 1 is 1.53 bits per heavy atom. The third-order valence-corrected chi connectivity index (χ3v) is 3.08. The molecule has 0 amide bonds. The molecular formula is C11H16N2O4. The SMILES string of the molecule is C[C@@]1(O)[C@H](O)[C@@H](CO)O[C@H]1c1ccc(N)nc1. The summed E-state index contributed by atoms with van der Waals surface area (Å²) in [4.78, 5) is 3.91. The van der Waals surface area contributed by atoms with Crippen LogP contribution in [0.2, 0.25) is 0 Å². The van der Waals surface area contributed by atoms with Crippen LogP contribution >= 0.6 is 0 Å². The fourth-order valence-electron chi connectivity index (χ4n) is 2.05. The number of nitrogens with two attached hydrogens (primary N) is 1. The van der Waals surface area contributed by atoms with Crippen molar-refractivity contribution in [2.75, 3.05) is 12.3 Å². The third-order valence-electron chi connectivity index (χ3n) is 3.08. The lowest BCUT2D eigenvalue weighted by Gasteiger charge is -2.26. The van der Waals surface area contributed by atoms with Crippen LogP contribution in [0.4, 0.5) is 5.82 Å². The van der Waals surface area contributed by atoms with Crippen molar-refractivity contribution in [1.82, 2.24) is 4.98 Å². The number of pyridine rings is 1. The van der Waals surface area contributed by atoms with E-state index in [1.807, 2.05) is 0 Å². The molecule has 1 aliphatic rings. The number of aromatic nitrogens is 1. The fraction of sp³-hybridized carbons (Fsp3) is 0.545. The van der Waals surface area contributed by atoms with E-state index >= 15 is 0 Å². The Kier molecular flexibility index (Phi) is 3.05. The van der Waals surface area contributed by atoms with Gasteiger partial charge >= 0.3 is 0 Å². The largest absolute Gasteiger partial charge is 0.394 e. The molecule has 5 N–H and O–H groups in total. The van der Waals surface area contributed by atoms with Gasteiger partial charge in [-0.15, -0.1) is 0 Å². The van der Waals surface area contributed by atoms with Gasteiger partial charge in [-0.2, -0.15) is 0 Å². The average Bonchev–Trinajstić information content (AvgIpc) is 2.53. The van der Waals surface area contributed by atoms with Gasteiger partial charge in [-0.05, 0) is 13.0 Å². The van der Waals surface area contributed by atoms with Crippen LogP contribution in [0.1, 0.15) is 18.6 Å². The first kappa shape index (κ1) is 12.3. The quantitative estimate of drug-likeness (QED) is 0.539. The van der Waals surface area contributed by atoms with E-state index in [9.17, 15) is 10.2 Å². The summed E-state index contributed by atoms with van der Waals surface area (Å²) in [6.45, 7) is 1.12. The van der Waals surface area contributed by atoms with Gasteiger partial charge in [0.15, 0.2) is 0 Å². The molecule has 0 saturated carbocycles. The number of anilines is 1. The summed E-state index contributed by atoms with van der Waals surface area (Å²) in [6.07, 6.45) is -1.19. The lowest BCUT2D eigenvalue weighted by Crippen LogP contribution is -2.43. The van der Waals surface area contributed by atoms with Crippen molar-refractivity contribution in [2.45, 2.75) is 30.8 Å². The zero-order chi connectivity index (χ0) is 12.6. The monoisotopic (exact) mass is 240 g/mol. The van der Waals surface area contributed by atoms with Crippen molar-refractivity contribution < 1.29 is 20.1 Å². The zero-order valence-electron chi connectivity index (χ0n) is 9.45. The van der Waals surface area contributed by atoms with Crippen LogP contribution in [-0.4, -0.2) is 44.7 Å². The normalized spacial score (nSPS) is 37.3. The van der Waals surface area contributed by atoms with E-state index in [0.29, 0.717) is 11.4 Å². The summed E-state index contributed by atoms with van der Waals surface area (Å²) in [5, 5.41) is 29.1. The summed E-state index contributed by atoms with van der Waals surface area (Å²) in [5.74, 6) is 0.366. The Morgan fingerprint density at radius 3 is 2.71 bits per heavy atom. The fourth-order valence-corrected chi connectivity index (χ4v) is 2.05. The maximum atomic E-state index is 10.2. The molecule has 6 heteroatoms. The van der Waals surface area contributed by atoms with Crippen molar-refractivity contribution in [2.24, 2.45) is 0 Å². The molecule has 17 heavy (non-hydrogen) atoms. The van der Waals surface area contributed by atoms with Gasteiger partial charge in [0.05, 0.1) is 6.61 Å². The van der Waals surface area contributed by atoms with E-state index in [1.165, 1.54) is 13.1 Å². The molecule has 1 aromatic rings. The van der Waals surface area contributed by atoms with E-state index in [2.05, 4.69) is 4.98 Å². The molecule has 0 bridgehead atoms. The van der Waals surface area contributed by atoms with E-state index in [0.717, 1.165) is 0 Å². The van der Waals surface area contributed by atoms with Crippen molar-refractivity contribution in [3.8, 4) is 0 Å². The first-order chi connectivity index (χ1) is 7.96. The molecule has 0 unspecified atom stereocenters. The highest BCUT2D eigenvalue weighted by atomic mass is 16.6. The van der Waals surface area contributed by atoms with Gasteiger partial charge in [-0.3, -0.25) is 0 Å². The number of rotatable bonds is 2. The van der Waals surface area contributed by atoms with Gasteiger partial charge in [0, 0.05) is 11.8 Å². The second kappa shape index (κ2) is 4.23. The van der Waals surface area contributed by atoms with Crippen LogP contribution in [0.3, 0.4) is 0 Å². The Balaban J connectivity index is 2.30. The van der Waals surface area contributed by atoms with Gasteiger partial charge in [0.1, 0.15) is 29.7 Å². The van der Waals surface area contributed by atoms with Gasteiger partial charge in [-0.1, -0.05) is 6.07 Å². The molecule has 2 heterocycles. The molecule has 2 rings (SSSR count). The van der Waals surface area contributed by atoms with E-state index in [4.69, 9.17) is 15.6 Å². The molecule has 1 aliphatic heterocycles. The lowest BCUT2D eigenvalue weighted by molar-refractivity contribution is -0.0646. The van der Waals surface area contributed by atoms with Crippen LogP contribution in [0.15, 0.2) is 18.3 Å². The molecular weight excluding hydrogens is 224 g/mol. The Bertz CT molecular complexity index is 393. The summed E-state index contributed by atoms with van der Waals surface area (Å²) in [6, 6.07) is 3.27. The first-order valence-electron chi connectivity index (χ1n) is 5.35. The Hall–Kier alpha value is -1.21. The van der Waals surface area contributed by atoms with E-state index in [1.54, 1.807) is 12.1 Å². The molecule has 0 spiro atoms. The number of aliphatic hydroxyl groups is 3. The minimum absolute atomic E-state index is 0.351. The second-order valence-electron chi connectivity index (χ2n) is 4.42. The second-order valence-corrected chi connectivity index (χ2v) is 4.42. The van der Waals surface area contributed by atoms with Gasteiger partial charge in [0.2, 0.25) is 0 Å². The number of nitrogens with zero attached hydrogens (tertiary/aromatic N) is 1. The van der Waals surface area contributed by atoms with Crippen LogP contribution in [0, 0.1) is 0 Å². The standard InChI is InChI=1S/C11H16N2O4/c1-11(16)9(15)7(5-14)17-10(11)6-2-3-8(12)13-4-6/h2-4,7,9-10,14-16H,5H2,1H3,(H2,12,13)/t7-,9-,10+,11-/m1/s1. The summed E-state index contributed by atoms with van der Waals surface area (Å²) >= 11 is 0. The summed E-state index contributed by atoms with van der Waals surface area (Å²) in [7, 11) is 0. The van der Waals surface area contributed by atoms with Crippen LogP contribution in [0.5, 0.6) is 0 Å². The third kappa shape index (κ3) is 2.00. The van der Waals surface area contributed by atoms with Crippen LogP contribution in [0.25, 0.3) is 0 Å². The van der Waals surface area contributed by atoms with Gasteiger partial charge in [0.25, 0.3) is 0 Å². The molecule has 6 nitrogen and oxygen atoms in total. The molecule has 0 aliphatic carbocycles. The predicted octanol–water partition coefficient (Wildman–Crippen LogP) is -0.792. The molecule has 1 aromatic heterocycles. The molecule has 0 aromatic carbocycles. The predicted molar refractivity (Wildman–Crippen MR) is 60.0 cm³/mol.